The predicted octanol–water partition coefficient (Wildman–Crippen LogP) is 2.26. The fourth-order valence-corrected chi connectivity index (χ4v) is 4.27. The monoisotopic (exact) mass is 438 g/mol. The quantitative estimate of drug-likeness (QED) is 0.751. The Morgan fingerprint density at radius 2 is 2.06 bits per heavy atom. The average Bonchev–Trinajstić information content (AvgIpc) is 2.83. The van der Waals surface area contributed by atoms with Crippen LogP contribution in [0.2, 0.25) is 0 Å². The van der Waals surface area contributed by atoms with Crippen LogP contribution in [0.4, 0.5) is 0 Å². The number of ether oxygens (including phenoxy) is 2. The molecule has 2 aromatic carbocycles. The molecule has 2 bridgehead atoms. The Balaban J connectivity index is 1.61. The van der Waals surface area contributed by atoms with Gasteiger partial charge in [-0.15, -0.1) is 0 Å². The number of carbonyl (C=O) groups is 2. The Kier molecular flexibility index (Phi) is 7.39. The van der Waals surface area contributed by atoms with Crippen LogP contribution >= 0.6 is 0 Å². The number of aliphatic hydroxyl groups is 1. The number of nitrogens with zero attached hydrogens (tertiary/aromatic N) is 1. The lowest BCUT2D eigenvalue weighted by Crippen LogP contribution is -2.41. The van der Waals surface area contributed by atoms with Crippen molar-refractivity contribution >= 4 is 11.8 Å². The van der Waals surface area contributed by atoms with E-state index in [1.165, 1.54) is 0 Å². The van der Waals surface area contributed by atoms with E-state index in [0.717, 1.165) is 24.0 Å². The summed E-state index contributed by atoms with van der Waals surface area (Å²) in [5.74, 6) is 0.699. The van der Waals surface area contributed by atoms with E-state index >= 15 is 0 Å². The van der Waals surface area contributed by atoms with Crippen molar-refractivity contribution < 1.29 is 24.2 Å². The Bertz CT molecular complexity index is 961. The first-order chi connectivity index (χ1) is 15.6. The molecule has 1 atom stereocenters. The second kappa shape index (κ2) is 10.6. The van der Waals surface area contributed by atoms with Gasteiger partial charge in [0.05, 0.1) is 13.2 Å². The number of amides is 2. The number of rotatable bonds is 2. The molecular formula is C25H30N2O5. The van der Waals surface area contributed by atoms with Crippen LogP contribution in [-0.4, -0.2) is 67.9 Å². The SMILES string of the molecule is O=C1NCCOCCOc2ccc(C(=O)N3CCCC(CO)C3)cc2Cc2cccc1c2. The molecule has 2 N–H and O–H groups in total. The minimum Gasteiger partial charge on any atom is -0.491 e. The third-order valence-corrected chi connectivity index (χ3v) is 5.97. The summed E-state index contributed by atoms with van der Waals surface area (Å²) < 4.78 is 11.5. The maximum atomic E-state index is 13.2. The van der Waals surface area contributed by atoms with Crippen LogP contribution in [0.3, 0.4) is 0 Å². The molecule has 1 fully saturated rings. The van der Waals surface area contributed by atoms with Gasteiger partial charge in [0.25, 0.3) is 11.8 Å². The Labute approximate surface area is 188 Å². The number of piperidine rings is 1. The first-order valence-corrected chi connectivity index (χ1v) is 11.2. The molecule has 1 saturated heterocycles. The molecule has 7 heteroatoms. The molecule has 0 spiro atoms. The summed E-state index contributed by atoms with van der Waals surface area (Å²) in [6, 6.07) is 13.0. The van der Waals surface area contributed by atoms with E-state index in [4.69, 9.17) is 9.47 Å². The molecule has 0 radical (unpaired) electrons. The van der Waals surface area contributed by atoms with E-state index < -0.39 is 0 Å². The number of nitrogens with one attached hydrogen (secondary N) is 1. The summed E-state index contributed by atoms with van der Waals surface area (Å²) in [5, 5.41) is 12.4. The zero-order valence-corrected chi connectivity index (χ0v) is 18.2. The summed E-state index contributed by atoms with van der Waals surface area (Å²) in [7, 11) is 0. The molecule has 2 aliphatic rings. The van der Waals surface area contributed by atoms with E-state index in [9.17, 15) is 14.7 Å². The van der Waals surface area contributed by atoms with Crippen LogP contribution in [0.5, 0.6) is 5.75 Å². The minimum absolute atomic E-state index is 0.0261. The van der Waals surface area contributed by atoms with Gasteiger partial charge in [0.2, 0.25) is 0 Å². The fourth-order valence-electron chi connectivity index (χ4n) is 4.27. The average molecular weight is 439 g/mol. The van der Waals surface area contributed by atoms with Crippen molar-refractivity contribution in [3.8, 4) is 5.75 Å². The molecule has 2 heterocycles. The van der Waals surface area contributed by atoms with Crippen molar-refractivity contribution in [1.29, 1.82) is 0 Å². The lowest BCUT2D eigenvalue weighted by Gasteiger charge is -2.32. The van der Waals surface area contributed by atoms with Crippen molar-refractivity contribution in [3.63, 3.8) is 0 Å². The molecule has 0 aliphatic carbocycles. The van der Waals surface area contributed by atoms with Gasteiger partial charge in [-0.05, 0) is 60.2 Å². The molecule has 7 nitrogen and oxygen atoms in total. The first-order valence-electron chi connectivity index (χ1n) is 11.2. The molecule has 2 amide bonds. The molecular weight excluding hydrogens is 408 g/mol. The predicted molar refractivity (Wildman–Crippen MR) is 120 cm³/mol. The van der Waals surface area contributed by atoms with Gasteiger partial charge in [-0.3, -0.25) is 9.59 Å². The van der Waals surface area contributed by atoms with Gasteiger partial charge in [-0.25, -0.2) is 0 Å². The van der Waals surface area contributed by atoms with Crippen LogP contribution in [-0.2, 0) is 11.2 Å². The van der Waals surface area contributed by atoms with Gasteiger partial charge in [0.1, 0.15) is 12.4 Å². The maximum Gasteiger partial charge on any atom is 0.253 e. The largest absolute Gasteiger partial charge is 0.491 e. The Morgan fingerprint density at radius 3 is 2.94 bits per heavy atom. The highest BCUT2D eigenvalue weighted by molar-refractivity contribution is 5.95. The normalized spacial score (nSPS) is 19.8. The summed E-state index contributed by atoms with van der Waals surface area (Å²) in [5.41, 5.74) is 3.06. The fraction of sp³-hybridized carbons (Fsp3) is 0.440. The number of likely N-dealkylation sites (tertiary alicyclic amines) is 1. The maximum absolute atomic E-state index is 13.2. The highest BCUT2D eigenvalue weighted by Crippen LogP contribution is 2.26. The van der Waals surface area contributed by atoms with Crippen molar-refractivity contribution in [1.82, 2.24) is 10.2 Å². The Hall–Kier alpha value is -2.90. The van der Waals surface area contributed by atoms with Gasteiger partial charge in [0.15, 0.2) is 0 Å². The van der Waals surface area contributed by atoms with Gasteiger partial charge in [-0.2, -0.15) is 0 Å². The second-order valence-electron chi connectivity index (χ2n) is 8.36. The van der Waals surface area contributed by atoms with Crippen LogP contribution in [0.15, 0.2) is 42.5 Å². The summed E-state index contributed by atoms with van der Waals surface area (Å²) in [4.78, 5) is 27.4. The van der Waals surface area contributed by atoms with Crippen molar-refractivity contribution in [3.05, 3.63) is 64.7 Å². The lowest BCUT2D eigenvalue weighted by molar-refractivity contribution is 0.0620. The van der Waals surface area contributed by atoms with Crippen molar-refractivity contribution in [2.45, 2.75) is 19.3 Å². The van der Waals surface area contributed by atoms with E-state index in [1.54, 1.807) is 12.1 Å². The second-order valence-corrected chi connectivity index (χ2v) is 8.36. The Morgan fingerprint density at radius 1 is 1.16 bits per heavy atom. The summed E-state index contributed by atoms with van der Waals surface area (Å²) in [6.07, 6.45) is 2.39. The van der Waals surface area contributed by atoms with Crippen molar-refractivity contribution in [2.24, 2.45) is 5.92 Å². The minimum atomic E-state index is -0.128. The third-order valence-electron chi connectivity index (χ3n) is 5.97. The molecule has 4 rings (SSSR count). The topological polar surface area (TPSA) is 88.1 Å². The van der Waals surface area contributed by atoms with Crippen LogP contribution in [0.25, 0.3) is 0 Å². The van der Waals surface area contributed by atoms with E-state index in [0.29, 0.717) is 62.8 Å². The van der Waals surface area contributed by atoms with Gasteiger partial charge in [-0.1, -0.05) is 12.1 Å². The number of hydrogen-bond donors (Lipinski definition) is 2. The van der Waals surface area contributed by atoms with E-state index in [-0.39, 0.29) is 24.3 Å². The molecule has 2 aliphatic heterocycles. The highest BCUT2D eigenvalue weighted by atomic mass is 16.5. The number of aliphatic hydroxyl groups excluding tert-OH is 1. The van der Waals surface area contributed by atoms with Crippen LogP contribution < -0.4 is 10.1 Å². The summed E-state index contributed by atoms with van der Waals surface area (Å²) in [6.45, 7) is 3.05. The molecule has 1 unspecified atom stereocenters. The zero-order valence-electron chi connectivity index (χ0n) is 18.2. The first kappa shape index (κ1) is 22.3. The zero-order chi connectivity index (χ0) is 22.3. The molecule has 2 aromatic rings. The molecule has 170 valence electrons. The number of fused-ring (bicyclic) bond motifs is 3. The number of hydrogen-bond acceptors (Lipinski definition) is 5. The van der Waals surface area contributed by atoms with Crippen LogP contribution in [0, 0.1) is 5.92 Å². The van der Waals surface area contributed by atoms with Crippen molar-refractivity contribution in [2.75, 3.05) is 46.1 Å². The standard InChI is InChI=1S/C25H30N2O5/c28-17-19-4-2-9-27(16-19)25(30)21-6-7-23-22(15-21)14-18-3-1-5-20(13-18)24(29)26-8-10-31-11-12-32-23/h1,3,5-7,13,15,19,28H,2,4,8-12,14,16-17H2,(H,26,29). The molecule has 32 heavy (non-hydrogen) atoms. The van der Waals surface area contributed by atoms with Crippen LogP contribution in [0.1, 0.15) is 44.7 Å². The highest BCUT2D eigenvalue weighted by Gasteiger charge is 2.24. The number of benzene rings is 2. The molecule has 0 aromatic heterocycles. The van der Waals surface area contributed by atoms with E-state index in [1.807, 2.05) is 35.2 Å². The third kappa shape index (κ3) is 5.47. The van der Waals surface area contributed by atoms with E-state index in [2.05, 4.69) is 5.32 Å². The molecule has 0 saturated carbocycles. The van der Waals surface area contributed by atoms with Gasteiger partial charge >= 0.3 is 0 Å². The smallest absolute Gasteiger partial charge is 0.253 e. The van der Waals surface area contributed by atoms with Gasteiger partial charge in [0, 0.05) is 43.8 Å². The summed E-state index contributed by atoms with van der Waals surface area (Å²) >= 11 is 0. The lowest BCUT2D eigenvalue weighted by atomic mass is 9.97. The van der Waals surface area contributed by atoms with Gasteiger partial charge < -0.3 is 24.8 Å². The number of carbonyl (C=O) groups excluding carboxylic acids is 2.